The predicted octanol–water partition coefficient (Wildman–Crippen LogP) is 11.4. The van der Waals surface area contributed by atoms with Crippen LogP contribution in [0.4, 0.5) is 5.82 Å². The van der Waals surface area contributed by atoms with Crippen LogP contribution in [0.2, 0.25) is 0 Å². The number of morpholine rings is 1. The third kappa shape index (κ3) is 25.4. The Morgan fingerprint density at radius 1 is 0.614 bits per heavy atom. The molecule has 3 heterocycles. The normalized spacial score (nSPS) is 14.4. The van der Waals surface area contributed by atoms with E-state index in [1.54, 1.807) is 77.5 Å². The van der Waals surface area contributed by atoms with Crippen LogP contribution >= 0.6 is 15.9 Å². The van der Waals surface area contributed by atoms with Crippen LogP contribution in [-0.4, -0.2) is 84.2 Å². The number of aryl methyl sites for hydroxylation is 1. The molecule has 0 bridgehead atoms. The van der Waals surface area contributed by atoms with Gasteiger partial charge in [-0.05, 0) is 164 Å². The summed E-state index contributed by atoms with van der Waals surface area (Å²) in [7, 11) is 0. The summed E-state index contributed by atoms with van der Waals surface area (Å²) in [5.41, 5.74) is 3.87. The van der Waals surface area contributed by atoms with Gasteiger partial charge in [0.1, 0.15) is 40.4 Å². The molecule has 2 fully saturated rings. The Balaban J connectivity index is 0.000000232. The number of rotatable bonds is 19. The van der Waals surface area contributed by atoms with Crippen LogP contribution in [0.5, 0.6) is 11.5 Å². The third-order valence-corrected chi connectivity index (χ3v) is 11.6. The number of aromatic nitrogens is 2. The molecular formula is C57H70BrN3O9. The molecule has 0 radical (unpaired) electrons. The summed E-state index contributed by atoms with van der Waals surface area (Å²) in [4.78, 5) is 75.4. The SMILES string of the molecule is CC(=O)C1CC(Cc2ccccc2)C1.CC(=O)CCCOc1ccc(Br)cc1.CC(=O)CCCOc1ccc(C(C)=O)cc1.CC(=O)CCc1cccnc1.CC(=O)c1ccc(N2CCOCC2)nc1. The summed E-state index contributed by atoms with van der Waals surface area (Å²) in [5.74, 6) is 4.69. The van der Waals surface area contributed by atoms with Crippen molar-refractivity contribution in [1.29, 1.82) is 0 Å². The number of hydrogen-bond donors (Lipinski definition) is 0. The van der Waals surface area contributed by atoms with E-state index in [2.05, 4.69) is 55.1 Å². The second-order valence-electron chi connectivity index (χ2n) is 17.3. The number of nitrogens with zero attached hydrogens (tertiary/aromatic N) is 3. The quantitative estimate of drug-likeness (QED) is 0.0570. The molecule has 1 saturated carbocycles. The van der Waals surface area contributed by atoms with Crippen molar-refractivity contribution < 1.29 is 43.0 Å². The van der Waals surface area contributed by atoms with Crippen molar-refractivity contribution in [3.63, 3.8) is 0 Å². The van der Waals surface area contributed by atoms with Crippen molar-refractivity contribution in [3.8, 4) is 11.5 Å². The molecule has 374 valence electrons. The number of benzene rings is 3. The van der Waals surface area contributed by atoms with Gasteiger partial charge in [0.2, 0.25) is 0 Å². The van der Waals surface area contributed by atoms with Gasteiger partial charge in [-0.2, -0.15) is 0 Å². The maximum atomic E-state index is 11.1. The first-order valence-electron chi connectivity index (χ1n) is 23.9. The second-order valence-corrected chi connectivity index (χ2v) is 18.2. The number of ether oxygens (including phenoxy) is 3. The Bertz CT molecular complexity index is 2310. The standard InChI is InChI=1S/C13H16O3.C13H16O.C11H13BrO2.C11H14N2O2.C9H11NO/c1-10(14)4-3-9-16-13-7-5-12(6-8-13)11(2)15;1-10(14)13-8-12(9-13)7-11-5-3-2-4-6-11;1-9(13)3-2-8-14-11-6-4-10(12)5-7-11;1-9(14)10-2-3-11(12-8-10)13-4-6-15-7-5-13;1-8(11)4-5-9-3-2-6-10-7-9/h5-8H,3-4,9H2,1-2H3;2-6,12-13H,7-9H2,1H3;4-7H,2-3,8H2,1H3;2-3,8H,4-7H2,1H3;2-3,6-7H,4-5H2,1H3. The molecule has 5 aromatic rings. The number of Topliss-reactive ketones (excluding diaryl/α,β-unsaturated/α-hetero) is 6. The molecule has 1 aliphatic carbocycles. The number of ketones is 6. The van der Waals surface area contributed by atoms with Crippen LogP contribution in [0.1, 0.15) is 118 Å². The maximum Gasteiger partial charge on any atom is 0.161 e. The van der Waals surface area contributed by atoms with E-state index < -0.39 is 0 Å². The van der Waals surface area contributed by atoms with Crippen molar-refractivity contribution in [2.75, 3.05) is 44.4 Å². The molecular weight excluding hydrogens is 951 g/mol. The number of anilines is 1. The highest BCUT2D eigenvalue weighted by Crippen LogP contribution is 2.36. The van der Waals surface area contributed by atoms with Gasteiger partial charge in [0.15, 0.2) is 11.6 Å². The summed E-state index contributed by atoms with van der Waals surface area (Å²) in [6, 6.07) is 32.8. The fourth-order valence-corrected chi connectivity index (χ4v) is 7.23. The van der Waals surface area contributed by atoms with Crippen molar-refractivity contribution >= 4 is 56.4 Å². The number of carbonyl (C=O) groups is 6. The van der Waals surface area contributed by atoms with Crippen LogP contribution in [0.3, 0.4) is 0 Å². The first kappa shape index (κ1) is 58.1. The van der Waals surface area contributed by atoms with Crippen molar-refractivity contribution in [1.82, 2.24) is 9.97 Å². The lowest BCUT2D eigenvalue weighted by Crippen LogP contribution is -2.36. The van der Waals surface area contributed by atoms with Gasteiger partial charge in [0, 0.05) is 72.5 Å². The van der Waals surface area contributed by atoms with Crippen molar-refractivity contribution in [2.24, 2.45) is 11.8 Å². The molecule has 2 aliphatic rings. The summed E-state index contributed by atoms with van der Waals surface area (Å²) < 4.78 is 17.2. The number of pyridine rings is 2. The molecule has 12 nitrogen and oxygen atoms in total. The Morgan fingerprint density at radius 2 is 1.14 bits per heavy atom. The van der Waals surface area contributed by atoms with E-state index in [-0.39, 0.29) is 28.9 Å². The van der Waals surface area contributed by atoms with Gasteiger partial charge in [0.05, 0.1) is 26.4 Å². The lowest BCUT2D eigenvalue weighted by molar-refractivity contribution is -0.124. The zero-order valence-electron chi connectivity index (χ0n) is 41.7. The van der Waals surface area contributed by atoms with Crippen LogP contribution < -0.4 is 14.4 Å². The first-order chi connectivity index (χ1) is 33.6. The fraction of sp³-hybridized carbons (Fsp3) is 0.404. The van der Waals surface area contributed by atoms with Gasteiger partial charge in [-0.3, -0.25) is 19.4 Å². The minimum Gasteiger partial charge on any atom is -0.494 e. The molecule has 0 atom stereocenters. The highest BCUT2D eigenvalue weighted by Gasteiger charge is 2.31. The second kappa shape index (κ2) is 33.4. The lowest BCUT2D eigenvalue weighted by atomic mass is 9.70. The van der Waals surface area contributed by atoms with Gasteiger partial charge < -0.3 is 33.5 Å². The Kier molecular flexibility index (Phi) is 27.7. The smallest absolute Gasteiger partial charge is 0.161 e. The lowest BCUT2D eigenvalue weighted by Gasteiger charge is -2.33. The van der Waals surface area contributed by atoms with E-state index in [0.29, 0.717) is 55.3 Å². The molecule has 1 aliphatic heterocycles. The topological polar surface area (TPSA) is 159 Å². The van der Waals surface area contributed by atoms with Gasteiger partial charge in [-0.15, -0.1) is 0 Å². The Morgan fingerprint density at radius 3 is 1.61 bits per heavy atom. The minimum absolute atomic E-state index is 0.0446. The molecule has 3 aromatic carbocycles. The summed E-state index contributed by atoms with van der Waals surface area (Å²) in [5, 5.41) is 0. The molecule has 0 spiro atoms. The zero-order valence-corrected chi connectivity index (χ0v) is 43.3. The molecule has 0 unspecified atom stereocenters. The molecule has 7 rings (SSSR count). The van der Waals surface area contributed by atoms with Crippen LogP contribution in [0.25, 0.3) is 0 Å². The van der Waals surface area contributed by atoms with Crippen LogP contribution in [0.15, 0.2) is 126 Å². The molecule has 13 heteroatoms. The largest absolute Gasteiger partial charge is 0.494 e. The van der Waals surface area contributed by atoms with Gasteiger partial charge in [-0.25, -0.2) is 4.98 Å². The number of hydrogen-bond acceptors (Lipinski definition) is 12. The fourth-order valence-electron chi connectivity index (χ4n) is 6.96. The van der Waals surface area contributed by atoms with E-state index in [9.17, 15) is 28.8 Å². The maximum absolute atomic E-state index is 11.1. The van der Waals surface area contributed by atoms with E-state index >= 15 is 0 Å². The first-order valence-corrected chi connectivity index (χ1v) is 24.7. The van der Waals surface area contributed by atoms with E-state index in [0.717, 1.165) is 98.1 Å². The zero-order chi connectivity index (χ0) is 51.1. The molecule has 2 aromatic heterocycles. The van der Waals surface area contributed by atoms with Gasteiger partial charge in [0.25, 0.3) is 0 Å². The van der Waals surface area contributed by atoms with E-state index in [1.807, 2.05) is 54.6 Å². The molecule has 70 heavy (non-hydrogen) atoms. The molecule has 0 amide bonds. The van der Waals surface area contributed by atoms with E-state index in [1.165, 1.54) is 12.5 Å². The summed E-state index contributed by atoms with van der Waals surface area (Å²) in [6.45, 7) is 13.9. The minimum atomic E-state index is 0.0446. The Hall–Kier alpha value is -6.18. The number of carbonyl (C=O) groups excluding carboxylic acids is 6. The van der Waals surface area contributed by atoms with Gasteiger partial charge in [-0.1, -0.05) is 52.3 Å². The number of halogens is 1. The Labute approximate surface area is 423 Å². The highest BCUT2D eigenvalue weighted by molar-refractivity contribution is 9.10. The highest BCUT2D eigenvalue weighted by atomic mass is 79.9. The van der Waals surface area contributed by atoms with Crippen molar-refractivity contribution in [2.45, 2.75) is 99.3 Å². The van der Waals surface area contributed by atoms with Crippen LogP contribution in [0, 0.1) is 11.8 Å². The summed E-state index contributed by atoms with van der Waals surface area (Å²) in [6.07, 6.45) is 12.6. The molecule has 0 N–H and O–H groups in total. The summed E-state index contributed by atoms with van der Waals surface area (Å²) >= 11 is 3.35. The van der Waals surface area contributed by atoms with Gasteiger partial charge >= 0.3 is 0 Å². The third-order valence-electron chi connectivity index (χ3n) is 11.1. The monoisotopic (exact) mass is 1020 g/mol. The average molecular weight is 1020 g/mol. The van der Waals surface area contributed by atoms with E-state index in [4.69, 9.17) is 14.2 Å². The molecule has 1 saturated heterocycles. The van der Waals surface area contributed by atoms with Crippen LogP contribution in [-0.2, 0) is 36.8 Å². The average Bonchev–Trinajstić information content (AvgIpc) is 3.34. The predicted molar refractivity (Wildman–Crippen MR) is 279 cm³/mol. The van der Waals surface area contributed by atoms with Crippen molar-refractivity contribution in [3.05, 3.63) is 148 Å².